The predicted octanol–water partition coefficient (Wildman–Crippen LogP) is 5.05. The van der Waals surface area contributed by atoms with Gasteiger partial charge in [0, 0.05) is 50.4 Å². The van der Waals surface area contributed by atoms with Crippen LogP contribution in [0.4, 0.5) is 0 Å². The molecule has 2 heterocycles. The second kappa shape index (κ2) is 8.68. The first kappa shape index (κ1) is 19.4. The molecule has 0 unspecified atom stereocenters. The molecule has 154 valence electrons. The summed E-state index contributed by atoms with van der Waals surface area (Å²) in [6.45, 7) is 6.24. The van der Waals surface area contributed by atoms with Crippen LogP contribution < -0.4 is 9.47 Å². The lowest BCUT2D eigenvalue weighted by atomic mass is 9.99. The third-order valence-electron chi connectivity index (χ3n) is 5.90. The molecular formula is C25H25ClN2O2. The second-order valence-corrected chi connectivity index (χ2v) is 8.28. The van der Waals surface area contributed by atoms with E-state index in [9.17, 15) is 0 Å². The fourth-order valence-corrected chi connectivity index (χ4v) is 4.44. The van der Waals surface area contributed by atoms with Crippen molar-refractivity contribution >= 4 is 11.6 Å². The zero-order chi connectivity index (χ0) is 20.3. The number of rotatable bonds is 5. The fraction of sp³-hybridized carbons (Fsp3) is 0.280. The van der Waals surface area contributed by atoms with Gasteiger partial charge in [-0.1, -0.05) is 66.2 Å². The first-order valence-electron chi connectivity index (χ1n) is 10.4. The predicted molar refractivity (Wildman–Crippen MR) is 120 cm³/mol. The number of hydrogen-bond donors (Lipinski definition) is 0. The average Bonchev–Trinajstić information content (AvgIpc) is 3.23. The minimum absolute atomic E-state index is 0.276. The van der Waals surface area contributed by atoms with Crippen molar-refractivity contribution in [2.24, 2.45) is 0 Å². The number of benzene rings is 3. The molecule has 2 aliphatic heterocycles. The second-order valence-electron chi connectivity index (χ2n) is 7.87. The SMILES string of the molecule is Clc1cc2c(cc1CN1CCN(Cc3ccccc3-c3ccccc3)CC1)OCO2. The molecule has 0 saturated carbocycles. The Morgan fingerprint density at radius 1 is 0.700 bits per heavy atom. The van der Waals surface area contributed by atoms with E-state index in [1.54, 1.807) is 0 Å². The number of halogens is 1. The summed E-state index contributed by atoms with van der Waals surface area (Å²) >= 11 is 6.47. The van der Waals surface area contributed by atoms with Crippen LogP contribution in [0.5, 0.6) is 11.5 Å². The monoisotopic (exact) mass is 420 g/mol. The Kier molecular flexibility index (Phi) is 5.63. The number of piperazine rings is 1. The van der Waals surface area contributed by atoms with Crippen LogP contribution in [0.15, 0.2) is 66.7 Å². The van der Waals surface area contributed by atoms with Gasteiger partial charge in [0.2, 0.25) is 6.79 Å². The number of hydrogen-bond acceptors (Lipinski definition) is 4. The quantitative estimate of drug-likeness (QED) is 0.576. The lowest BCUT2D eigenvalue weighted by Crippen LogP contribution is -2.45. The zero-order valence-corrected chi connectivity index (χ0v) is 17.6. The van der Waals surface area contributed by atoms with Gasteiger partial charge in [-0.15, -0.1) is 0 Å². The van der Waals surface area contributed by atoms with Gasteiger partial charge in [0.05, 0.1) is 0 Å². The first-order valence-corrected chi connectivity index (χ1v) is 10.8. The first-order chi connectivity index (χ1) is 14.8. The standard InChI is InChI=1S/C25H25ClN2O2/c26-23-15-25-24(29-18-30-25)14-21(23)17-28-12-10-27(11-13-28)16-20-8-4-5-9-22(20)19-6-2-1-3-7-19/h1-9,14-15H,10-13,16-18H2. The highest BCUT2D eigenvalue weighted by Gasteiger charge is 2.21. The third-order valence-corrected chi connectivity index (χ3v) is 6.25. The third kappa shape index (κ3) is 4.17. The maximum atomic E-state index is 6.47. The smallest absolute Gasteiger partial charge is 0.231 e. The summed E-state index contributed by atoms with van der Waals surface area (Å²) in [4.78, 5) is 5.00. The molecule has 3 aromatic carbocycles. The van der Waals surface area contributed by atoms with Crippen molar-refractivity contribution in [1.29, 1.82) is 0 Å². The van der Waals surface area contributed by atoms with Gasteiger partial charge in [0.15, 0.2) is 11.5 Å². The summed E-state index contributed by atoms with van der Waals surface area (Å²) in [6.07, 6.45) is 0. The Bertz CT molecular complexity index is 1020. The Labute approximate surface area is 182 Å². The van der Waals surface area contributed by atoms with Crippen molar-refractivity contribution in [3.8, 4) is 22.6 Å². The molecule has 30 heavy (non-hydrogen) atoms. The molecule has 0 atom stereocenters. The minimum Gasteiger partial charge on any atom is -0.454 e. The molecule has 0 amide bonds. The summed E-state index contributed by atoms with van der Waals surface area (Å²) in [5.41, 5.74) is 5.09. The van der Waals surface area contributed by atoms with Crippen LogP contribution >= 0.6 is 11.6 Å². The van der Waals surface area contributed by atoms with Gasteiger partial charge in [0.25, 0.3) is 0 Å². The molecule has 1 fully saturated rings. The molecule has 0 bridgehead atoms. The van der Waals surface area contributed by atoms with E-state index < -0.39 is 0 Å². The van der Waals surface area contributed by atoms with Crippen LogP contribution in [0.2, 0.25) is 5.02 Å². The molecule has 0 spiro atoms. The minimum atomic E-state index is 0.276. The largest absolute Gasteiger partial charge is 0.454 e. The fourth-order valence-electron chi connectivity index (χ4n) is 4.23. The molecule has 5 heteroatoms. The number of nitrogens with zero attached hydrogens (tertiary/aromatic N) is 2. The van der Waals surface area contributed by atoms with E-state index in [0.29, 0.717) is 0 Å². The van der Waals surface area contributed by atoms with Crippen LogP contribution in [0.3, 0.4) is 0 Å². The highest BCUT2D eigenvalue weighted by molar-refractivity contribution is 6.31. The lowest BCUT2D eigenvalue weighted by molar-refractivity contribution is 0.122. The molecule has 0 radical (unpaired) electrons. The number of fused-ring (bicyclic) bond motifs is 1. The van der Waals surface area contributed by atoms with Gasteiger partial charge in [-0.2, -0.15) is 0 Å². The molecule has 4 nitrogen and oxygen atoms in total. The molecule has 0 aliphatic carbocycles. The van der Waals surface area contributed by atoms with Gasteiger partial charge in [-0.05, 0) is 28.3 Å². The van der Waals surface area contributed by atoms with Crippen LogP contribution in [0, 0.1) is 0 Å². The van der Waals surface area contributed by atoms with Crippen LogP contribution in [0.25, 0.3) is 11.1 Å². The molecule has 0 aromatic heterocycles. The van der Waals surface area contributed by atoms with Crippen molar-refractivity contribution in [3.05, 3.63) is 82.9 Å². The van der Waals surface area contributed by atoms with E-state index in [1.165, 1.54) is 16.7 Å². The molecule has 5 rings (SSSR count). The Balaban J connectivity index is 1.22. The van der Waals surface area contributed by atoms with Crippen molar-refractivity contribution in [3.63, 3.8) is 0 Å². The van der Waals surface area contributed by atoms with E-state index in [-0.39, 0.29) is 6.79 Å². The van der Waals surface area contributed by atoms with Crippen molar-refractivity contribution in [2.75, 3.05) is 33.0 Å². The average molecular weight is 421 g/mol. The maximum absolute atomic E-state index is 6.47. The topological polar surface area (TPSA) is 24.9 Å². The normalized spacial score (nSPS) is 16.7. The van der Waals surface area contributed by atoms with E-state index >= 15 is 0 Å². The summed E-state index contributed by atoms with van der Waals surface area (Å²) in [6, 6.07) is 23.3. The summed E-state index contributed by atoms with van der Waals surface area (Å²) in [7, 11) is 0. The Morgan fingerprint density at radius 3 is 2.03 bits per heavy atom. The maximum Gasteiger partial charge on any atom is 0.231 e. The molecule has 3 aromatic rings. The van der Waals surface area contributed by atoms with Gasteiger partial charge >= 0.3 is 0 Å². The molecule has 1 saturated heterocycles. The lowest BCUT2D eigenvalue weighted by Gasteiger charge is -2.35. The van der Waals surface area contributed by atoms with E-state index in [2.05, 4.69) is 64.4 Å². The molecule has 0 N–H and O–H groups in total. The van der Waals surface area contributed by atoms with E-state index in [4.69, 9.17) is 21.1 Å². The van der Waals surface area contributed by atoms with E-state index in [0.717, 1.165) is 61.4 Å². The molecular weight excluding hydrogens is 396 g/mol. The van der Waals surface area contributed by atoms with Crippen molar-refractivity contribution in [2.45, 2.75) is 13.1 Å². The van der Waals surface area contributed by atoms with Gasteiger partial charge < -0.3 is 9.47 Å². The van der Waals surface area contributed by atoms with Crippen LogP contribution in [0.1, 0.15) is 11.1 Å². The van der Waals surface area contributed by atoms with Crippen molar-refractivity contribution < 1.29 is 9.47 Å². The van der Waals surface area contributed by atoms with Crippen LogP contribution in [-0.4, -0.2) is 42.8 Å². The Morgan fingerprint density at radius 2 is 1.30 bits per heavy atom. The van der Waals surface area contributed by atoms with Gasteiger partial charge in [0.1, 0.15) is 0 Å². The van der Waals surface area contributed by atoms with Gasteiger partial charge in [-0.25, -0.2) is 0 Å². The van der Waals surface area contributed by atoms with Crippen LogP contribution in [-0.2, 0) is 13.1 Å². The van der Waals surface area contributed by atoms with Gasteiger partial charge in [-0.3, -0.25) is 9.80 Å². The molecule has 2 aliphatic rings. The number of ether oxygens (including phenoxy) is 2. The summed E-state index contributed by atoms with van der Waals surface area (Å²) in [5.74, 6) is 1.54. The zero-order valence-electron chi connectivity index (χ0n) is 16.9. The highest BCUT2D eigenvalue weighted by Crippen LogP contribution is 2.37. The Hall–Kier alpha value is -2.53. The summed E-state index contributed by atoms with van der Waals surface area (Å²) < 4.78 is 10.9. The van der Waals surface area contributed by atoms with Crippen molar-refractivity contribution in [1.82, 2.24) is 9.80 Å². The highest BCUT2D eigenvalue weighted by atomic mass is 35.5. The summed E-state index contributed by atoms with van der Waals surface area (Å²) in [5, 5.41) is 0.749. The van der Waals surface area contributed by atoms with E-state index in [1.807, 2.05) is 12.1 Å².